The van der Waals surface area contributed by atoms with E-state index in [-0.39, 0.29) is 10.8 Å². The number of nitrogens with zero attached hydrogens (tertiary/aromatic N) is 2. The fourth-order valence-corrected chi connectivity index (χ4v) is 1.93. The molecular formula is C13H15ClFN3. The summed E-state index contributed by atoms with van der Waals surface area (Å²) < 4.78 is 15.3. The Morgan fingerprint density at radius 3 is 3.06 bits per heavy atom. The third kappa shape index (κ3) is 2.89. The number of halogens is 2. The van der Waals surface area contributed by atoms with Gasteiger partial charge in [-0.05, 0) is 18.2 Å². The molecule has 0 radical (unpaired) electrons. The van der Waals surface area contributed by atoms with E-state index in [0.29, 0.717) is 13.1 Å². The maximum Gasteiger partial charge on any atom is 0.142 e. The molecule has 18 heavy (non-hydrogen) atoms. The van der Waals surface area contributed by atoms with E-state index in [4.69, 9.17) is 11.6 Å². The van der Waals surface area contributed by atoms with Gasteiger partial charge in [-0.2, -0.15) is 0 Å². The Labute approximate surface area is 111 Å². The average Bonchev–Trinajstić information content (AvgIpc) is 2.80. The largest absolute Gasteiger partial charge is 0.329 e. The van der Waals surface area contributed by atoms with E-state index in [1.54, 1.807) is 12.3 Å². The van der Waals surface area contributed by atoms with Gasteiger partial charge in [-0.25, -0.2) is 9.37 Å². The molecule has 0 aliphatic carbocycles. The molecule has 0 aliphatic rings. The number of hydrogen-bond donors (Lipinski definition) is 1. The Bertz CT molecular complexity index is 525. The molecule has 0 bridgehead atoms. The van der Waals surface area contributed by atoms with Gasteiger partial charge >= 0.3 is 0 Å². The molecule has 0 unspecified atom stereocenters. The SMILES string of the molecule is CCNCc1nccn1Cc1cccc(F)c1Cl. The maximum atomic E-state index is 13.3. The van der Waals surface area contributed by atoms with Gasteiger partial charge in [0.15, 0.2) is 0 Å². The van der Waals surface area contributed by atoms with Crippen LogP contribution in [0.5, 0.6) is 0 Å². The third-order valence-electron chi connectivity index (χ3n) is 2.71. The van der Waals surface area contributed by atoms with E-state index in [2.05, 4.69) is 10.3 Å². The second-order valence-corrected chi connectivity index (χ2v) is 4.34. The number of rotatable bonds is 5. The van der Waals surface area contributed by atoms with E-state index < -0.39 is 0 Å². The smallest absolute Gasteiger partial charge is 0.142 e. The molecule has 2 rings (SSSR count). The summed E-state index contributed by atoms with van der Waals surface area (Å²) in [6.07, 6.45) is 3.60. The first-order valence-electron chi connectivity index (χ1n) is 5.86. The first kappa shape index (κ1) is 13.1. The van der Waals surface area contributed by atoms with Crippen LogP contribution in [0.3, 0.4) is 0 Å². The van der Waals surface area contributed by atoms with Crippen molar-refractivity contribution in [2.24, 2.45) is 0 Å². The highest BCUT2D eigenvalue weighted by Gasteiger charge is 2.08. The average molecular weight is 268 g/mol. The lowest BCUT2D eigenvalue weighted by molar-refractivity contribution is 0.617. The van der Waals surface area contributed by atoms with Crippen LogP contribution in [0.15, 0.2) is 30.6 Å². The lowest BCUT2D eigenvalue weighted by atomic mass is 10.2. The molecule has 1 N–H and O–H groups in total. The van der Waals surface area contributed by atoms with Crippen LogP contribution in [0.4, 0.5) is 4.39 Å². The van der Waals surface area contributed by atoms with E-state index >= 15 is 0 Å². The summed E-state index contributed by atoms with van der Waals surface area (Å²) in [6.45, 7) is 4.14. The Morgan fingerprint density at radius 2 is 2.28 bits per heavy atom. The Balaban J connectivity index is 2.18. The molecule has 5 heteroatoms. The van der Waals surface area contributed by atoms with Crippen LogP contribution in [-0.2, 0) is 13.1 Å². The molecular weight excluding hydrogens is 253 g/mol. The van der Waals surface area contributed by atoms with Crippen molar-refractivity contribution in [3.05, 3.63) is 52.8 Å². The van der Waals surface area contributed by atoms with Crippen LogP contribution < -0.4 is 5.32 Å². The minimum Gasteiger partial charge on any atom is -0.329 e. The van der Waals surface area contributed by atoms with Crippen LogP contribution in [0.2, 0.25) is 5.02 Å². The van der Waals surface area contributed by atoms with Crippen LogP contribution in [0.1, 0.15) is 18.3 Å². The second kappa shape index (κ2) is 5.98. The molecule has 96 valence electrons. The number of hydrogen-bond acceptors (Lipinski definition) is 2. The third-order valence-corrected chi connectivity index (χ3v) is 3.13. The Morgan fingerprint density at radius 1 is 1.44 bits per heavy atom. The molecule has 0 aliphatic heterocycles. The summed E-state index contributed by atoms with van der Waals surface area (Å²) in [5, 5.41) is 3.39. The van der Waals surface area contributed by atoms with Gasteiger partial charge < -0.3 is 9.88 Å². The van der Waals surface area contributed by atoms with Gasteiger partial charge in [-0.15, -0.1) is 0 Å². The summed E-state index contributed by atoms with van der Waals surface area (Å²) in [5.74, 6) is 0.527. The van der Waals surface area contributed by atoms with Gasteiger partial charge in [-0.1, -0.05) is 30.7 Å². The van der Waals surface area contributed by atoms with Crippen molar-refractivity contribution in [1.82, 2.24) is 14.9 Å². The van der Waals surface area contributed by atoms with Crippen molar-refractivity contribution in [2.45, 2.75) is 20.0 Å². The molecule has 3 nitrogen and oxygen atoms in total. The van der Waals surface area contributed by atoms with E-state index in [1.165, 1.54) is 6.07 Å². The minimum absolute atomic E-state index is 0.181. The van der Waals surface area contributed by atoms with E-state index in [0.717, 1.165) is 17.9 Å². The molecule has 1 aromatic carbocycles. The quantitative estimate of drug-likeness (QED) is 0.903. The first-order valence-corrected chi connectivity index (χ1v) is 6.23. The molecule has 0 saturated heterocycles. The minimum atomic E-state index is -0.387. The predicted octanol–water partition coefficient (Wildman–Crippen LogP) is 2.83. The summed E-state index contributed by atoms with van der Waals surface area (Å²) in [5.41, 5.74) is 0.757. The van der Waals surface area contributed by atoms with Crippen LogP contribution >= 0.6 is 11.6 Å². The van der Waals surface area contributed by atoms with Gasteiger partial charge in [0, 0.05) is 12.4 Å². The second-order valence-electron chi connectivity index (χ2n) is 3.96. The molecule has 2 aromatic rings. The standard InChI is InChI=1S/C13H15ClFN3/c1-2-16-8-12-17-6-7-18(12)9-10-4-3-5-11(15)13(10)14/h3-7,16H,2,8-9H2,1H3. The van der Waals surface area contributed by atoms with Gasteiger partial charge in [0.2, 0.25) is 0 Å². The van der Waals surface area contributed by atoms with Crippen LogP contribution in [0, 0.1) is 5.82 Å². The number of nitrogens with one attached hydrogen (secondary N) is 1. The number of aromatic nitrogens is 2. The summed E-state index contributed by atoms with van der Waals surface area (Å²) >= 11 is 5.94. The predicted molar refractivity (Wildman–Crippen MR) is 70.1 cm³/mol. The topological polar surface area (TPSA) is 29.9 Å². The summed E-state index contributed by atoms with van der Waals surface area (Å²) in [6, 6.07) is 4.85. The number of imidazole rings is 1. The highest BCUT2D eigenvalue weighted by molar-refractivity contribution is 6.31. The zero-order valence-electron chi connectivity index (χ0n) is 10.2. The molecule has 0 fully saturated rings. The monoisotopic (exact) mass is 267 g/mol. The van der Waals surface area contributed by atoms with Gasteiger partial charge in [-0.3, -0.25) is 0 Å². The first-order chi connectivity index (χ1) is 8.72. The van der Waals surface area contributed by atoms with Crippen molar-refractivity contribution in [1.29, 1.82) is 0 Å². The molecule has 0 saturated carbocycles. The molecule has 1 heterocycles. The summed E-state index contributed by atoms with van der Waals surface area (Å²) in [7, 11) is 0. The zero-order chi connectivity index (χ0) is 13.0. The van der Waals surface area contributed by atoms with Crippen molar-refractivity contribution < 1.29 is 4.39 Å². The van der Waals surface area contributed by atoms with E-state index in [1.807, 2.05) is 23.8 Å². The highest BCUT2D eigenvalue weighted by atomic mass is 35.5. The van der Waals surface area contributed by atoms with Crippen molar-refractivity contribution in [3.8, 4) is 0 Å². The van der Waals surface area contributed by atoms with Crippen molar-refractivity contribution >= 4 is 11.6 Å². The normalized spacial score (nSPS) is 10.8. The van der Waals surface area contributed by atoms with Crippen LogP contribution in [0.25, 0.3) is 0 Å². The number of benzene rings is 1. The summed E-state index contributed by atoms with van der Waals surface area (Å²) in [4.78, 5) is 4.27. The van der Waals surface area contributed by atoms with E-state index in [9.17, 15) is 4.39 Å². The molecule has 0 spiro atoms. The molecule has 0 atom stereocenters. The lowest BCUT2D eigenvalue weighted by Crippen LogP contribution is -2.16. The molecule has 1 aromatic heterocycles. The van der Waals surface area contributed by atoms with Gasteiger partial charge in [0.25, 0.3) is 0 Å². The lowest BCUT2D eigenvalue weighted by Gasteiger charge is -2.10. The fourth-order valence-electron chi connectivity index (χ4n) is 1.74. The molecule has 0 amide bonds. The Hall–Kier alpha value is -1.39. The van der Waals surface area contributed by atoms with Gasteiger partial charge in [0.1, 0.15) is 11.6 Å². The fraction of sp³-hybridized carbons (Fsp3) is 0.308. The van der Waals surface area contributed by atoms with Crippen molar-refractivity contribution in [2.75, 3.05) is 6.54 Å². The zero-order valence-corrected chi connectivity index (χ0v) is 10.9. The van der Waals surface area contributed by atoms with Crippen molar-refractivity contribution in [3.63, 3.8) is 0 Å². The van der Waals surface area contributed by atoms with Crippen LogP contribution in [-0.4, -0.2) is 16.1 Å². The Kier molecular flexibility index (Phi) is 4.33. The van der Waals surface area contributed by atoms with Gasteiger partial charge in [0.05, 0.1) is 18.1 Å². The maximum absolute atomic E-state index is 13.3. The highest BCUT2D eigenvalue weighted by Crippen LogP contribution is 2.20.